The van der Waals surface area contributed by atoms with Crippen LogP contribution in [0.2, 0.25) is 0 Å². The number of nitrogens with zero attached hydrogens (tertiary/aromatic N) is 1. The van der Waals surface area contributed by atoms with Gasteiger partial charge < -0.3 is 15.4 Å². The van der Waals surface area contributed by atoms with Gasteiger partial charge in [-0.05, 0) is 29.1 Å². The molecule has 2 aromatic rings. The molecule has 24 heavy (non-hydrogen) atoms. The predicted octanol–water partition coefficient (Wildman–Crippen LogP) is 4.02. The fourth-order valence-electron chi connectivity index (χ4n) is 2.21. The maximum absolute atomic E-state index is 5.17. The molecular formula is C18H26IN3OS. The van der Waals surface area contributed by atoms with Gasteiger partial charge in [0.05, 0.1) is 7.11 Å². The Hall–Kier alpha value is -1.28. The van der Waals surface area contributed by atoms with Gasteiger partial charge in [-0.3, -0.25) is 4.99 Å². The topological polar surface area (TPSA) is 45.7 Å². The molecule has 2 rings (SSSR count). The van der Waals surface area contributed by atoms with E-state index in [2.05, 4.69) is 59.1 Å². The summed E-state index contributed by atoms with van der Waals surface area (Å²) < 4.78 is 5.17. The van der Waals surface area contributed by atoms with Crippen molar-refractivity contribution in [1.82, 2.24) is 10.6 Å². The summed E-state index contributed by atoms with van der Waals surface area (Å²) in [5.74, 6) is 1.68. The largest absolute Gasteiger partial charge is 0.497 e. The number of ether oxygens (including phenoxy) is 1. The van der Waals surface area contributed by atoms with Crippen LogP contribution in [0.25, 0.3) is 0 Å². The van der Waals surface area contributed by atoms with Crippen LogP contribution in [0.5, 0.6) is 5.75 Å². The third-order valence-corrected chi connectivity index (χ3v) is 4.96. The molecule has 0 bridgehead atoms. The molecule has 1 aromatic carbocycles. The maximum atomic E-state index is 5.17. The zero-order valence-electron chi connectivity index (χ0n) is 14.6. The van der Waals surface area contributed by atoms with E-state index >= 15 is 0 Å². The third kappa shape index (κ3) is 5.98. The Morgan fingerprint density at radius 1 is 1.17 bits per heavy atom. The van der Waals surface area contributed by atoms with Gasteiger partial charge >= 0.3 is 0 Å². The van der Waals surface area contributed by atoms with Crippen LogP contribution in [0, 0.1) is 0 Å². The highest BCUT2D eigenvalue weighted by Gasteiger charge is 2.21. The summed E-state index contributed by atoms with van der Waals surface area (Å²) in [7, 11) is 3.47. The number of halogens is 1. The van der Waals surface area contributed by atoms with Gasteiger partial charge in [-0.25, -0.2) is 0 Å². The molecule has 0 unspecified atom stereocenters. The lowest BCUT2D eigenvalue weighted by Crippen LogP contribution is -2.42. The van der Waals surface area contributed by atoms with Gasteiger partial charge in [0.25, 0.3) is 0 Å². The van der Waals surface area contributed by atoms with Gasteiger partial charge in [0.2, 0.25) is 0 Å². The van der Waals surface area contributed by atoms with Gasteiger partial charge in [-0.1, -0.05) is 32.0 Å². The van der Waals surface area contributed by atoms with Gasteiger partial charge in [0.1, 0.15) is 5.75 Å². The quantitative estimate of drug-likeness (QED) is 0.390. The molecular weight excluding hydrogens is 433 g/mol. The van der Waals surface area contributed by atoms with Crippen molar-refractivity contribution in [3.63, 3.8) is 0 Å². The highest BCUT2D eigenvalue weighted by molar-refractivity contribution is 14.0. The first-order valence-corrected chi connectivity index (χ1v) is 8.54. The van der Waals surface area contributed by atoms with E-state index < -0.39 is 0 Å². The maximum Gasteiger partial charge on any atom is 0.191 e. The van der Waals surface area contributed by atoms with Crippen molar-refractivity contribution in [2.75, 3.05) is 20.7 Å². The lowest BCUT2D eigenvalue weighted by molar-refractivity contribution is 0.414. The van der Waals surface area contributed by atoms with E-state index in [0.29, 0.717) is 0 Å². The zero-order chi connectivity index (χ0) is 16.7. The average molecular weight is 459 g/mol. The minimum Gasteiger partial charge on any atom is -0.497 e. The van der Waals surface area contributed by atoms with Crippen molar-refractivity contribution >= 4 is 41.3 Å². The van der Waals surface area contributed by atoms with Crippen molar-refractivity contribution in [2.24, 2.45) is 4.99 Å². The van der Waals surface area contributed by atoms with Gasteiger partial charge in [0.15, 0.2) is 5.96 Å². The number of methoxy groups -OCH3 is 1. The van der Waals surface area contributed by atoms with Crippen LogP contribution in [-0.4, -0.2) is 26.7 Å². The molecule has 0 amide bonds. The normalized spacial score (nSPS) is 11.6. The molecule has 0 aliphatic rings. The number of guanidine groups is 1. The molecule has 0 atom stereocenters. The van der Waals surface area contributed by atoms with Crippen LogP contribution >= 0.6 is 35.3 Å². The van der Waals surface area contributed by atoms with Gasteiger partial charge in [-0.15, -0.1) is 35.3 Å². The number of rotatable bonds is 6. The predicted molar refractivity (Wildman–Crippen MR) is 114 cm³/mol. The van der Waals surface area contributed by atoms with Crippen LogP contribution < -0.4 is 15.4 Å². The van der Waals surface area contributed by atoms with E-state index in [4.69, 9.17) is 4.74 Å². The Labute approximate surface area is 165 Å². The van der Waals surface area contributed by atoms with Crippen molar-refractivity contribution in [3.05, 3.63) is 52.2 Å². The summed E-state index contributed by atoms with van der Waals surface area (Å²) in [6.07, 6.45) is 0. The Kier molecular flexibility index (Phi) is 8.55. The van der Waals surface area contributed by atoms with Gasteiger partial charge in [-0.2, -0.15) is 0 Å². The number of hydrogen-bond acceptors (Lipinski definition) is 3. The molecule has 0 saturated heterocycles. The molecule has 4 nitrogen and oxygen atoms in total. The summed E-state index contributed by atoms with van der Waals surface area (Å²) in [5, 5.41) is 8.87. The first kappa shape index (κ1) is 20.8. The van der Waals surface area contributed by atoms with Crippen molar-refractivity contribution in [3.8, 4) is 5.75 Å². The minimum absolute atomic E-state index is 0. The van der Waals surface area contributed by atoms with E-state index in [1.165, 1.54) is 10.4 Å². The van der Waals surface area contributed by atoms with E-state index in [0.717, 1.165) is 24.8 Å². The summed E-state index contributed by atoms with van der Waals surface area (Å²) >= 11 is 1.79. The van der Waals surface area contributed by atoms with Crippen molar-refractivity contribution in [2.45, 2.75) is 25.8 Å². The molecule has 0 radical (unpaired) electrons. The molecule has 1 aromatic heterocycles. The zero-order valence-corrected chi connectivity index (χ0v) is 17.8. The highest BCUT2D eigenvalue weighted by Crippen LogP contribution is 2.26. The summed E-state index contributed by atoms with van der Waals surface area (Å²) in [5.41, 5.74) is 1.26. The highest BCUT2D eigenvalue weighted by atomic mass is 127. The molecule has 0 fully saturated rings. The molecule has 1 heterocycles. The van der Waals surface area contributed by atoms with E-state index in [9.17, 15) is 0 Å². The second-order valence-corrected chi connectivity index (χ2v) is 6.94. The smallest absolute Gasteiger partial charge is 0.191 e. The van der Waals surface area contributed by atoms with Gasteiger partial charge in [0, 0.05) is 30.4 Å². The molecule has 0 aliphatic heterocycles. The average Bonchev–Trinajstić information content (AvgIpc) is 3.11. The minimum atomic E-state index is 0. The number of benzene rings is 1. The first-order chi connectivity index (χ1) is 11.0. The van der Waals surface area contributed by atoms with Crippen LogP contribution in [-0.2, 0) is 12.0 Å². The fraction of sp³-hybridized carbons (Fsp3) is 0.389. The lowest BCUT2D eigenvalue weighted by atomic mass is 9.91. The summed E-state index contributed by atoms with van der Waals surface area (Å²) in [4.78, 5) is 5.67. The summed E-state index contributed by atoms with van der Waals surface area (Å²) in [6, 6.07) is 12.3. The van der Waals surface area contributed by atoms with Crippen LogP contribution in [0.1, 0.15) is 24.3 Å². The molecule has 0 aliphatic carbocycles. The second kappa shape index (κ2) is 9.88. The number of thiophene rings is 1. The van der Waals surface area contributed by atoms with Crippen LogP contribution in [0.3, 0.4) is 0 Å². The Bertz CT molecular complexity index is 624. The van der Waals surface area contributed by atoms with Crippen LogP contribution in [0.15, 0.2) is 46.8 Å². The van der Waals surface area contributed by atoms with E-state index in [-0.39, 0.29) is 29.4 Å². The summed E-state index contributed by atoms with van der Waals surface area (Å²) in [6.45, 7) is 6.03. The third-order valence-electron chi connectivity index (χ3n) is 3.73. The lowest BCUT2D eigenvalue weighted by Gasteiger charge is -2.25. The molecule has 132 valence electrons. The molecule has 0 saturated carbocycles. The van der Waals surface area contributed by atoms with Crippen molar-refractivity contribution < 1.29 is 4.74 Å². The fourth-order valence-corrected chi connectivity index (χ4v) is 3.06. The number of nitrogens with one attached hydrogen (secondary N) is 2. The number of hydrogen-bond donors (Lipinski definition) is 2. The van der Waals surface area contributed by atoms with E-state index in [1.807, 2.05) is 12.1 Å². The molecule has 2 N–H and O–H groups in total. The Balaban J connectivity index is 0.00000288. The first-order valence-electron chi connectivity index (χ1n) is 7.66. The Morgan fingerprint density at radius 2 is 1.88 bits per heavy atom. The van der Waals surface area contributed by atoms with Crippen molar-refractivity contribution in [1.29, 1.82) is 0 Å². The molecule has 0 spiro atoms. The molecule has 6 heteroatoms. The van der Waals surface area contributed by atoms with E-state index in [1.54, 1.807) is 25.5 Å². The second-order valence-electron chi connectivity index (χ2n) is 5.99. The monoisotopic (exact) mass is 459 g/mol. The SMILES string of the molecule is CN=C(NCc1ccc(OC)cc1)NCC(C)(C)c1cccs1.I. The van der Waals surface area contributed by atoms with Crippen LogP contribution in [0.4, 0.5) is 0 Å². The number of aliphatic imine (C=N–C) groups is 1. The standard InChI is InChI=1S/C18H25N3OS.HI/c1-18(2,16-6-5-11-23-16)13-21-17(19-3)20-12-14-7-9-15(22-4)10-8-14;/h5-11H,12-13H2,1-4H3,(H2,19,20,21);1H. The Morgan fingerprint density at radius 3 is 2.42 bits per heavy atom.